The number of esters is 1. The number of unbranched alkanes of at least 4 members (excludes halogenated alkanes) is 1. The van der Waals surface area contributed by atoms with Gasteiger partial charge in [-0.15, -0.1) is 0 Å². The maximum Gasteiger partial charge on any atom is 0.345 e. The van der Waals surface area contributed by atoms with Gasteiger partial charge in [-0.05, 0) is 61.5 Å². The van der Waals surface area contributed by atoms with E-state index < -0.39 is 46.3 Å². The van der Waals surface area contributed by atoms with Gasteiger partial charge < -0.3 is 24.1 Å². The molecule has 0 spiro atoms. The minimum absolute atomic E-state index is 0.0812. The Kier molecular flexibility index (Phi) is 6.71. The van der Waals surface area contributed by atoms with E-state index in [0.717, 1.165) is 12.8 Å². The number of carbonyl (C=O) groups excluding carboxylic acids is 1. The lowest BCUT2D eigenvalue weighted by molar-refractivity contribution is -0.262. The maximum absolute atomic E-state index is 13.3. The average molecular weight is 526 g/mol. The second-order valence-electron chi connectivity index (χ2n) is 12.4. The molecule has 2 aromatic heterocycles. The summed E-state index contributed by atoms with van der Waals surface area (Å²) in [6.45, 7) is 10.1. The third-order valence-corrected chi connectivity index (χ3v) is 9.77. The largest absolute Gasteiger partial charge is 0.482 e. The van der Waals surface area contributed by atoms with Crippen molar-refractivity contribution in [2.75, 3.05) is 0 Å². The highest BCUT2D eigenvalue weighted by molar-refractivity contribution is 5.69. The van der Waals surface area contributed by atoms with E-state index >= 15 is 0 Å². The Bertz CT molecular complexity index is 1260. The molecule has 2 aromatic rings. The number of fused-ring (bicyclic) bond motifs is 4. The zero-order chi connectivity index (χ0) is 27.5. The third kappa shape index (κ3) is 4.08. The van der Waals surface area contributed by atoms with Crippen LogP contribution in [0.1, 0.15) is 84.8 Å². The Morgan fingerprint density at radius 1 is 1.24 bits per heavy atom. The molecule has 2 saturated carbocycles. The quantitative estimate of drug-likeness (QED) is 0.534. The summed E-state index contributed by atoms with van der Waals surface area (Å²) in [5.74, 6) is -0.430. The normalized spacial score (nSPS) is 35.3. The number of ether oxygens (including phenoxy) is 2. The lowest BCUT2D eigenvalue weighted by Crippen LogP contribution is -2.70. The number of pyridine rings is 1. The van der Waals surface area contributed by atoms with Crippen LogP contribution >= 0.6 is 0 Å². The second-order valence-corrected chi connectivity index (χ2v) is 12.4. The van der Waals surface area contributed by atoms with Crippen LogP contribution < -0.4 is 10.4 Å². The summed E-state index contributed by atoms with van der Waals surface area (Å²) in [6, 6.07) is 5.15. The summed E-state index contributed by atoms with van der Waals surface area (Å²) in [5.41, 5.74) is -2.04. The lowest BCUT2D eigenvalue weighted by atomic mass is 9.43. The van der Waals surface area contributed by atoms with Crippen LogP contribution in [-0.2, 0) is 9.53 Å². The first kappa shape index (κ1) is 26.9. The fourth-order valence-corrected chi connectivity index (χ4v) is 7.72. The number of nitrogens with zero attached hydrogens (tertiary/aromatic N) is 1. The molecular formula is C30H39NO7. The van der Waals surface area contributed by atoms with Crippen LogP contribution in [0.4, 0.5) is 0 Å². The summed E-state index contributed by atoms with van der Waals surface area (Å²) in [7, 11) is 0. The molecule has 8 heteroatoms. The van der Waals surface area contributed by atoms with Crippen LogP contribution in [0.2, 0.25) is 0 Å². The number of aliphatic hydroxyl groups is 2. The molecule has 0 bridgehead atoms. The Labute approximate surface area is 223 Å². The molecule has 3 aliphatic rings. The fraction of sp³-hybridized carbons (Fsp3) is 0.633. The fourth-order valence-electron chi connectivity index (χ4n) is 7.72. The molecule has 7 atom stereocenters. The Morgan fingerprint density at radius 3 is 2.68 bits per heavy atom. The maximum atomic E-state index is 13.3. The van der Waals surface area contributed by atoms with E-state index in [9.17, 15) is 19.8 Å². The van der Waals surface area contributed by atoms with Crippen LogP contribution in [-0.4, -0.2) is 39.0 Å². The summed E-state index contributed by atoms with van der Waals surface area (Å²) in [4.78, 5) is 30.3. The van der Waals surface area contributed by atoms with Gasteiger partial charge in [-0.3, -0.25) is 9.78 Å². The molecule has 1 aliphatic heterocycles. The molecule has 8 nitrogen and oxygen atoms in total. The highest BCUT2D eigenvalue weighted by atomic mass is 16.6. The van der Waals surface area contributed by atoms with E-state index in [1.807, 2.05) is 27.7 Å². The Hall–Kier alpha value is -2.71. The van der Waals surface area contributed by atoms with Gasteiger partial charge in [-0.2, -0.15) is 0 Å². The highest BCUT2D eigenvalue weighted by Crippen LogP contribution is 2.67. The zero-order valence-corrected chi connectivity index (χ0v) is 22.9. The van der Waals surface area contributed by atoms with Crippen LogP contribution in [0, 0.1) is 22.7 Å². The molecule has 0 radical (unpaired) electrons. The molecule has 2 unspecified atom stereocenters. The minimum atomic E-state index is -1.20. The third-order valence-electron chi connectivity index (χ3n) is 9.77. The van der Waals surface area contributed by atoms with E-state index in [-0.39, 0.29) is 29.0 Å². The van der Waals surface area contributed by atoms with Gasteiger partial charge in [-0.1, -0.05) is 34.1 Å². The van der Waals surface area contributed by atoms with Crippen molar-refractivity contribution in [3.63, 3.8) is 0 Å². The molecule has 38 heavy (non-hydrogen) atoms. The summed E-state index contributed by atoms with van der Waals surface area (Å²) in [5, 5.41) is 22.9. The van der Waals surface area contributed by atoms with Gasteiger partial charge in [-0.25, -0.2) is 4.79 Å². The van der Waals surface area contributed by atoms with Crippen molar-refractivity contribution in [2.45, 2.75) is 97.1 Å². The van der Waals surface area contributed by atoms with E-state index in [1.54, 1.807) is 30.6 Å². The van der Waals surface area contributed by atoms with Crippen molar-refractivity contribution in [2.24, 2.45) is 22.7 Å². The number of hydrogen-bond donors (Lipinski definition) is 2. The van der Waals surface area contributed by atoms with Gasteiger partial charge in [0.2, 0.25) is 0 Å². The molecule has 2 aliphatic carbocycles. The van der Waals surface area contributed by atoms with Crippen molar-refractivity contribution < 1.29 is 28.9 Å². The molecule has 3 heterocycles. The van der Waals surface area contributed by atoms with Gasteiger partial charge in [0, 0.05) is 36.4 Å². The molecule has 206 valence electrons. The lowest BCUT2D eigenvalue weighted by Gasteiger charge is -2.66. The number of hydrogen-bond acceptors (Lipinski definition) is 8. The molecule has 2 fully saturated rings. The summed E-state index contributed by atoms with van der Waals surface area (Å²) in [6.07, 6.45) is 4.43. The first-order chi connectivity index (χ1) is 17.9. The van der Waals surface area contributed by atoms with Crippen LogP contribution in [0.15, 0.2) is 39.8 Å². The summed E-state index contributed by atoms with van der Waals surface area (Å²) < 4.78 is 18.5. The van der Waals surface area contributed by atoms with Crippen molar-refractivity contribution in [3.8, 4) is 17.1 Å². The van der Waals surface area contributed by atoms with Gasteiger partial charge in [0.25, 0.3) is 0 Å². The highest BCUT2D eigenvalue weighted by Gasteiger charge is 2.69. The standard InChI is InChI=1S/C30H39NO7/c1-6-7-10-23(33)37-22-15-20-28(2,3)21(32)11-12-29(20,4)26-25(34)24-19(38-30(22,26)5)14-18(36-27(24)35)17-9-8-13-31-16-17/h8-9,13-14,16,20-22,25-26,32,34H,6-7,10-12,15H2,1-5H3/t20?,21-,22-,25-,26?,29-,30+/m0/s1. The van der Waals surface area contributed by atoms with Crippen LogP contribution in [0.3, 0.4) is 0 Å². The predicted octanol–water partition coefficient (Wildman–Crippen LogP) is 4.81. The summed E-state index contributed by atoms with van der Waals surface area (Å²) >= 11 is 0. The molecule has 0 saturated heterocycles. The average Bonchev–Trinajstić information content (AvgIpc) is 2.86. The molecular weight excluding hydrogens is 486 g/mol. The van der Waals surface area contributed by atoms with Crippen molar-refractivity contribution in [1.82, 2.24) is 4.98 Å². The number of aliphatic hydroxyl groups excluding tert-OH is 2. The first-order valence-corrected chi connectivity index (χ1v) is 13.8. The van der Waals surface area contributed by atoms with Crippen LogP contribution in [0.25, 0.3) is 11.3 Å². The van der Waals surface area contributed by atoms with E-state index in [2.05, 4.69) is 11.9 Å². The van der Waals surface area contributed by atoms with Gasteiger partial charge in [0.1, 0.15) is 28.8 Å². The van der Waals surface area contributed by atoms with E-state index in [1.165, 1.54) is 0 Å². The molecule has 0 aromatic carbocycles. The van der Waals surface area contributed by atoms with Gasteiger partial charge >= 0.3 is 11.6 Å². The smallest absolute Gasteiger partial charge is 0.345 e. The topological polar surface area (TPSA) is 119 Å². The SMILES string of the molecule is CCCCC(=O)O[C@H]1CC2C(C)(C)[C@@H](O)CC[C@]2(C)C2[C@@H](O)c3c(cc(-c4cccnc4)oc3=O)O[C@@]21C. The Balaban J connectivity index is 1.64. The minimum Gasteiger partial charge on any atom is -0.482 e. The number of aromatic nitrogens is 1. The van der Waals surface area contributed by atoms with Crippen molar-refractivity contribution in [3.05, 3.63) is 46.6 Å². The predicted molar refractivity (Wildman–Crippen MR) is 140 cm³/mol. The van der Waals surface area contributed by atoms with Crippen molar-refractivity contribution in [1.29, 1.82) is 0 Å². The Morgan fingerprint density at radius 2 is 2.00 bits per heavy atom. The zero-order valence-electron chi connectivity index (χ0n) is 22.9. The molecule has 0 amide bonds. The second kappa shape index (κ2) is 9.49. The molecule has 5 rings (SSSR count). The van der Waals surface area contributed by atoms with Crippen molar-refractivity contribution >= 4 is 5.97 Å². The van der Waals surface area contributed by atoms with Crippen LogP contribution in [0.5, 0.6) is 5.75 Å². The monoisotopic (exact) mass is 525 g/mol. The first-order valence-electron chi connectivity index (χ1n) is 13.8. The van der Waals surface area contributed by atoms with Gasteiger partial charge in [0.15, 0.2) is 0 Å². The van der Waals surface area contributed by atoms with Gasteiger partial charge in [0.05, 0.1) is 12.2 Å². The number of carbonyl (C=O) groups is 1. The van der Waals surface area contributed by atoms with E-state index in [4.69, 9.17) is 13.9 Å². The number of rotatable bonds is 5. The van der Waals surface area contributed by atoms with E-state index in [0.29, 0.717) is 31.2 Å². The molecule has 2 N–H and O–H groups in total.